The molecule has 1 saturated heterocycles. The molecular weight excluding hydrogens is 234 g/mol. The van der Waals surface area contributed by atoms with Gasteiger partial charge in [0.05, 0.1) is 11.3 Å². The number of benzene rings is 1. The molecule has 18 heavy (non-hydrogen) atoms. The van der Waals surface area contributed by atoms with Gasteiger partial charge in [-0.25, -0.2) is 0 Å². The average molecular weight is 248 g/mol. The Labute approximate surface area is 104 Å². The summed E-state index contributed by atoms with van der Waals surface area (Å²) in [4.78, 5) is 21.4. The number of carbonyl (C=O) groups is 1. The first-order chi connectivity index (χ1) is 8.38. The van der Waals surface area contributed by atoms with Gasteiger partial charge in [-0.2, -0.15) is 0 Å². The number of nitrogens with one attached hydrogen (secondary N) is 1. The smallest absolute Gasteiger partial charge is 0.269 e. The predicted molar refractivity (Wildman–Crippen MR) is 65.4 cm³/mol. The van der Waals surface area contributed by atoms with Crippen LogP contribution in [0.5, 0.6) is 0 Å². The average Bonchev–Trinajstić information content (AvgIpc) is 2.52. The zero-order valence-electron chi connectivity index (χ0n) is 10.2. The number of nitro groups is 1. The highest BCUT2D eigenvalue weighted by molar-refractivity contribution is 5.81. The normalized spacial score (nSPS) is 19.9. The van der Waals surface area contributed by atoms with Gasteiger partial charge < -0.3 is 0 Å². The number of hydrazine groups is 1. The van der Waals surface area contributed by atoms with Gasteiger partial charge in [0.25, 0.3) is 11.6 Å². The van der Waals surface area contributed by atoms with Gasteiger partial charge >= 0.3 is 0 Å². The van der Waals surface area contributed by atoms with Crippen molar-refractivity contribution < 1.29 is 14.4 Å². The maximum Gasteiger partial charge on any atom is 0.281 e. The fourth-order valence-corrected chi connectivity index (χ4v) is 1.84. The Kier molecular flexibility index (Phi) is 2.86. The summed E-state index contributed by atoms with van der Waals surface area (Å²) in [6.45, 7) is 3.90. The maximum absolute atomic E-state index is 11.3. The Balaban J connectivity index is 2.28. The number of hydrogen-bond acceptors (Lipinski definition) is 3. The molecule has 1 heterocycles. The van der Waals surface area contributed by atoms with Gasteiger partial charge in [-0.1, -0.05) is 0 Å². The highest BCUT2D eigenvalue weighted by atomic mass is 16.6. The third-order valence-corrected chi connectivity index (χ3v) is 2.87. The molecule has 0 bridgehead atoms. The summed E-state index contributed by atoms with van der Waals surface area (Å²) in [5.41, 5.74) is 3.30. The van der Waals surface area contributed by atoms with E-state index in [2.05, 4.69) is 5.43 Å². The fourth-order valence-electron chi connectivity index (χ4n) is 1.84. The minimum Gasteiger partial charge on any atom is -0.269 e. The summed E-state index contributed by atoms with van der Waals surface area (Å²) in [5.74, 6) is -0.0295. The van der Waals surface area contributed by atoms with Gasteiger partial charge in [0.2, 0.25) is 6.21 Å². The lowest BCUT2D eigenvalue weighted by atomic mass is 10.0. The third-order valence-electron chi connectivity index (χ3n) is 2.87. The molecule has 1 aromatic rings. The molecule has 0 aromatic heterocycles. The summed E-state index contributed by atoms with van der Waals surface area (Å²) in [5, 5.41) is 10.5. The van der Waals surface area contributed by atoms with E-state index in [-0.39, 0.29) is 17.1 Å². The van der Waals surface area contributed by atoms with Crippen LogP contribution in [0.25, 0.3) is 0 Å². The van der Waals surface area contributed by atoms with Crippen LogP contribution >= 0.6 is 0 Å². The predicted octanol–water partition coefficient (Wildman–Crippen LogP) is 1.24. The van der Waals surface area contributed by atoms with E-state index in [4.69, 9.17) is 0 Å². The summed E-state index contributed by atoms with van der Waals surface area (Å²) in [6, 6.07) is 6.19. The lowest BCUT2D eigenvalue weighted by molar-refractivity contribution is -0.620. The lowest BCUT2D eigenvalue weighted by Gasteiger charge is -2.09. The summed E-state index contributed by atoms with van der Waals surface area (Å²) >= 11 is 0. The van der Waals surface area contributed by atoms with E-state index in [1.165, 1.54) is 12.1 Å². The van der Waals surface area contributed by atoms with E-state index in [0.29, 0.717) is 6.42 Å². The third kappa shape index (κ3) is 2.37. The lowest BCUT2D eigenvalue weighted by Crippen LogP contribution is -2.36. The molecule has 1 aromatic carbocycles. The number of amides is 1. The topological polar surface area (TPSA) is 75.2 Å². The fraction of sp³-hybridized carbons (Fsp3) is 0.333. The second-order valence-corrected chi connectivity index (χ2v) is 4.87. The van der Waals surface area contributed by atoms with Crippen molar-refractivity contribution in [1.29, 1.82) is 0 Å². The number of hydrogen-bond donors (Lipinski definition) is 1. The highest BCUT2D eigenvalue weighted by Crippen LogP contribution is 2.18. The summed E-state index contributed by atoms with van der Waals surface area (Å²) in [6.07, 6.45) is 2.20. The van der Waals surface area contributed by atoms with Gasteiger partial charge in [-0.3, -0.25) is 14.9 Å². The molecule has 0 aliphatic carbocycles. The van der Waals surface area contributed by atoms with Crippen LogP contribution < -0.4 is 5.43 Å². The van der Waals surface area contributed by atoms with Crippen molar-refractivity contribution in [2.45, 2.75) is 25.8 Å². The number of carbonyl (C=O) groups excluding carboxylic acids is 1. The Morgan fingerprint density at radius 3 is 2.44 bits per heavy atom. The molecular formula is C12H14N3O3+. The van der Waals surface area contributed by atoms with E-state index in [1.54, 1.807) is 23.0 Å². The van der Waals surface area contributed by atoms with E-state index in [1.807, 2.05) is 13.8 Å². The van der Waals surface area contributed by atoms with Crippen molar-refractivity contribution in [2.75, 3.05) is 0 Å². The molecule has 0 radical (unpaired) electrons. The molecule has 0 saturated carbocycles. The van der Waals surface area contributed by atoms with Crippen LogP contribution in [0.3, 0.4) is 0 Å². The van der Waals surface area contributed by atoms with Crippen molar-refractivity contribution in [1.82, 2.24) is 5.43 Å². The Hall–Kier alpha value is -2.24. The summed E-state index contributed by atoms with van der Waals surface area (Å²) in [7, 11) is 0. The second-order valence-electron chi connectivity index (χ2n) is 4.87. The van der Waals surface area contributed by atoms with Crippen LogP contribution in [0.2, 0.25) is 0 Å². The molecule has 6 heteroatoms. The molecule has 94 valence electrons. The molecule has 1 N–H and O–H groups in total. The standard InChI is InChI=1S/C12H13N3O3/c1-12(2)7-11(16)13-14(12)8-9-3-5-10(6-4-9)15(17)18/h3-6,8H,7H2,1-2H3/p+1/b14-8-. The van der Waals surface area contributed by atoms with Crippen LogP contribution in [0.15, 0.2) is 24.3 Å². The van der Waals surface area contributed by atoms with Crippen LogP contribution in [0, 0.1) is 10.1 Å². The molecule has 0 spiro atoms. The van der Waals surface area contributed by atoms with Gasteiger partial charge in [0.1, 0.15) is 0 Å². The highest BCUT2D eigenvalue weighted by Gasteiger charge is 2.42. The minimum atomic E-state index is -0.439. The van der Waals surface area contributed by atoms with Crippen molar-refractivity contribution in [3.63, 3.8) is 0 Å². The van der Waals surface area contributed by atoms with Gasteiger partial charge in [0, 0.05) is 31.5 Å². The Bertz CT molecular complexity index is 532. The van der Waals surface area contributed by atoms with Gasteiger partial charge in [-0.15, -0.1) is 10.1 Å². The molecule has 0 atom stereocenters. The van der Waals surface area contributed by atoms with Crippen LogP contribution in [-0.4, -0.2) is 27.3 Å². The van der Waals surface area contributed by atoms with Crippen molar-refractivity contribution in [2.24, 2.45) is 0 Å². The van der Waals surface area contributed by atoms with Crippen LogP contribution in [0.4, 0.5) is 5.69 Å². The first kappa shape index (κ1) is 12.2. The second kappa shape index (κ2) is 4.21. The number of hydrazone groups is 1. The Morgan fingerprint density at radius 1 is 1.39 bits per heavy atom. The first-order valence-corrected chi connectivity index (χ1v) is 5.57. The molecule has 1 aliphatic heterocycles. The number of nitrogens with zero attached hydrogens (tertiary/aromatic N) is 2. The van der Waals surface area contributed by atoms with Crippen LogP contribution in [-0.2, 0) is 4.79 Å². The molecule has 0 unspecified atom stereocenters. The monoisotopic (exact) mass is 248 g/mol. The van der Waals surface area contributed by atoms with E-state index < -0.39 is 4.92 Å². The zero-order valence-corrected chi connectivity index (χ0v) is 10.2. The quantitative estimate of drug-likeness (QED) is 0.486. The van der Waals surface area contributed by atoms with E-state index >= 15 is 0 Å². The van der Waals surface area contributed by atoms with Crippen molar-refractivity contribution in [3.8, 4) is 0 Å². The molecule has 1 fully saturated rings. The van der Waals surface area contributed by atoms with E-state index in [9.17, 15) is 14.9 Å². The summed E-state index contributed by atoms with van der Waals surface area (Å²) < 4.78 is 1.73. The molecule has 1 amide bonds. The number of non-ortho nitro benzene ring substituents is 1. The molecule has 2 rings (SSSR count). The molecule has 6 nitrogen and oxygen atoms in total. The largest absolute Gasteiger partial charge is 0.281 e. The maximum atomic E-state index is 11.3. The van der Waals surface area contributed by atoms with Gasteiger partial charge in [0.15, 0.2) is 5.54 Å². The number of nitro benzene ring substituents is 1. The van der Waals surface area contributed by atoms with E-state index in [0.717, 1.165) is 5.56 Å². The first-order valence-electron chi connectivity index (χ1n) is 5.57. The SMILES string of the molecule is CC1(C)CC(=O)N/[N+]1=C\c1ccc([N+](=O)[O-])cc1. The van der Waals surface area contributed by atoms with Gasteiger partial charge in [-0.05, 0) is 12.1 Å². The zero-order chi connectivity index (χ0) is 13.3. The Morgan fingerprint density at radius 2 is 2.00 bits per heavy atom. The minimum absolute atomic E-state index is 0.0295. The van der Waals surface area contributed by atoms with Crippen molar-refractivity contribution in [3.05, 3.63) is 39.9 Å². The molecule has 1 aliphatic rings. The number of rotatable bonds is 2. The van der Waals surface area contributed by atoms with Crippen molar-refractivity contribution >= 4 is 17.8 Å². The van der Waals surface area contributed by atoms with Crippen LogP contribution in [0.1, 0.15) is 25.8 Å².